The Morgan fingerprint density at radius 1 is 0.971 bits per heavy atom. The summed E-state index contributed by atoms with van der Waals surface area (Å²) in [7, 11) is 0. The maximum Gasteiger partial charge on any atom is 0.253 e. The Balaban J connectivity index is 1.24. The lowest BCUT2D eigenvalue weighted by atomic mass is 9.94. The van der Waals surface area contributed by atoms with Gasteiger partial charge in [-0.3, -0.25) is 4.79 Å². The molecule has 1 amide bonds. The van der Waals surface area contributed by atoms with Crippen LogP contribution in [-0.4, -0.2) is 71.9 Å². The van der Waals surface area contributed by atoms with Crippen LogP contribution in [0.3, 0.4) is 0 Å². The molecule has 1 atom stereocenters. The van der Waals surface area contributed by atoms with E-state index in [0.29, 0.717) is 57.0 Å². The van der Waals surface area contributed by atoms with Crippen molar-refractivity contribution in [3.63, 3.8) is 0 Å². The number of hydrogen-bond donors (Lipinski definition) is 1. The van der Waals surface area contributed by atoms with Crippen molar-refractivity contribution in [2.45, 2.75) is 57.7 Å². The van der Waals surface area contributed by atoms with Crippen molar-refractivity contribution in [1.29, 1.82) is 0 Å². The van der Waals surface area contributed by atoms with E-state index in [4.69, 9.17) is 4.74 Å². The van der Waals surface area contributed by atoms with E-state index in [0.717, 1.165) is 42.8 Å². The second-order valence-electron chi connectivity index (χ2n) is 10.2. The molecular formula is C29H39FN2O3. The standard InChI is InChI=1S/C29H39FN2O3/c1-3-29(30,4-2)21-31-16-13-22(14-17-31)20-35-27-11-9-24(10-12-27)23-5-7-25(8-6-23)28(34)32-18-15-26(33)19-32/h5-12,22,26,33H,3-4,13-21H2,1-2H3/t26-/m0/s1. The van der Waals surface area contributed by atoms with Gasteiger partial charge in [-0.05, 0) is 86.5 Å². The fourth-order valence-corrected chi connectivity index (χ4v) is 5.06. The Hall–Kier alpha value is -2.44. The molecule has 0 spiro atoms. The van der Waals surface area contributed by atoms with Crippen molar-refractivity contribution in [2.24, 2.45) is 5.92 Å². The molecule has 0 saturated carbocycles. The normalized spacial score (nSPS) is 19.8. The number of likely N-dealkylation sites (tertiary alicyclic amines) is 2. The molecule has 0 aromatic heterocycles. The number of hydrogen-bond acceptors (Lipinski definition) is 4. The smallest absolute Gasteiger partial charge is 0.253 e. The van der Waals surface area contributed by atoms with Crippen molar-refractivity contribution in [3.05, 3.63) is 54.1 Å². The predicted octanol–water partition coefficient (Wildman–Crippen LogP) is 5.18. The fraction of sp³-hybridized carbons (Fsp3) is 0.552. The number of carbonyl (C=O) groups excluding carboxylic acids is 1. The lowest BCUT2D eigenvalue weighted by Crippen LogP contribution is -2.44. The highest BCUT2D eigenvalue weighted by Gasteiger charge is 2.30. The van der Waals surface area contributed by atoms with E-state index >= 15 is 0 Å². The molecule has 0 aliphatic carbocycles. The first-order valence-electron chi connectivity index (χ1n) is 13.1. The predicted molar refractivity (Wildman–Crippen MR) is 137 cm³/mol. The summed E-state index contributed by atoms with van der Waals surface area (Å²) in [5.41, 5.74) is 1.71. The largest absolute Gasteiger partial charge is 0.493 e. The first-order chi connectivity index (χ1) is 16.9. The number of rotatable bonds is 9. The van der Waals surface area contributed by atoms with Gasteiger partial charge in [0.1, 0.15) is 11.4 Å². The Bertz CT molecular complexity index is 951. The summed E-state index contributed by atoms with van der Waals surface area (Å²) in [6, 6.07) is 15.7. The maximum atomic E-state index is 14.7. The average Bonchev–Trinajstić information content (AvgIpc) is 3.34. The van der Waals surface area contributed by atoms with Gasteiger partial charge in [-0.2, -0.15) is 0 Å². The molecule has 0 bridgehead atoms. The first kappa shape index (κ1) is 25.6. The first-order valence-corrected chi connectivity index (χ1v) is 13.1. The molecule has 1 N–H and O–H groups in total. The zero-order chi connectivity index (χ0) is 24.8. The summed E-state index contributed by atoms with van der Waals surface area (Å²) < 4.78 is 20.8. The molecule has 35 heavy (non-hydrogen) atoms. The summed E-state index contributed by atoms with van der Waals surface area (Å²) in [5, 5.41) is 9.67. The van der Waals surface area contributed by atoms with Gasteiger partial charge in [-0.1, -0.05) is 38.1 Å². The lowest BCUT2D eigenvalue weighted by molar-refractivity contribution is 0.0568. The van der Waals surface area contributed by atoms with Crippen molar-refractivity contribution in [2.75, 3.05) is 39.3 Å². The van der Waals surface area contributed by atoms with E-state index in [1.165, 1.54) is 0 Å². The lowest BCUT2D eigenvalue weighted by Gasteiger charge is -2.36. The molecule has 6 heteroatoms. The van der Waals surface area contributed by atoms with Gasteiger partial charge < -0.3 is 19.6 Å². The van der Waals surface area contributed by atoms with Crippen LogP contribution in [0.25, 0.3) is 11.1 Å². The molecular weight excluding hydrogens is 443 g/mol. The Kier molecular flexibility index (Phi) is 8.45. The molecule has 2 aromatic carbocycles. The second-order valence-corrected chi connectivity index (χ2v) is 10.2. The number of nitrogens with zero attached hydrogens (tertiary/aromatic N) is 2. The molecule has 2 saturated heterocycles. The second kappa shape index (κ2) is 11.5. The van der Waals surface area contributed by atoms with Crippen molar-refractivity contribution in [1.82, 2.24) is 9.80 Å². The third kappa shape index (κ3) is 6.62. The Morgan fingerprint density at radius 2 is 1.57 bits per heavy atom. The van der Waals surface area contributed by atoms with Gasteiger partial charge in [0.2, 0.25) is 0 Å². The van der Waals surface area contributed by atoms with E-state index in [1.807, 2.05) is 62.4 Å². The fourth-order valence-electron chi connectivity index (χ4n) is 5.06. The van der Waals surface area contributed by atoms with Crippen LogP contribution in [0.2, 0.25) is 0 Å². The highest BCUT2D eigenvalue weighted by Crippen LogP contribution is 2.27. The van der Waals surface area contributed by atoms with E-state index in [-0.39, 0.29) is 5.91 Å². The number of ether oxygens (including phenoxy) is 1. The summed E-state index contributed by atoms with van der Waals surface area (Å²) in [6.45, 7) is 8.02. The third-order valence-corrected chi connectivity index (χ3v) is 7.74. The Morgan fingerprint density at radius 3 is 2.11 bits per heavy atom. The van der Waals surface area contributed by atoms with Gasteiger partial charge in [-0.15, -0.1) is 0 Å². The van der Waals surface area contributed by atoms with E-state index in [1.54, 1.807) is 4.90 Å². The van der Waals surface area contributed by atoms with Crippen LogP contribution >= 0.6 is 0 Å². The molecule has 2 aliphatic heterocycles. The molecule has 190 valence electrons. The zero-order valence-corrected chi connectivity index (χ0v) is 21.1. The number of aliphatic hydroxyl groups is 1. The van der Waals surface area contributed by atoms with Gasteiger partial charge >= 0.3 is 0 Å². The van der Waals surface area contributed by atoms with E-state index < -0.39 is 11.8 Å². The maximum absolute atomic E-state index is 14.7. The van der Waals surface area contributed by atoms with Crippen LogP contribution < -0.4 is 4.74 Å². The highest BCUT2D eigenvalue weighted by atomic mass is 19.1. The number of carbonyl (C=O) groups is 1. The van der Waals surface area contributed by atoms with Crippen molar-refractivity contribution < 1.29 is 19.0 Å². The SMILES string of the molecule is CCC(F)(CC)CN1CCC(COc2ccc(-c3ccc(C(=O)N4CC[C@H](O)C4)cc3)cc2)CC1. The van der Waals surface area contributed by atoms with Crippen molar-refractivity contribution >= 4 is 5.91 Å². The number of benzene rings is 2. The van der Waals surface area contributed by atoms with Crippen molar-refractivity contribution in [3.8, 4) is 16.9 Å². The van der Waals surface area contributed by atoms with Crippen LogP contribution in [0.4, 0.5) is 4.39 Å². The number of alkyl halides is 1. The monoisotopic (exact) mass is 482 g/mol. The molecule has 5 nitrogen and oxygen atoms in total. The molecule has 0 radical (unpaired) electrons. The number of amides is 1. The van der Waals surface area contributed by atoms with Crippen LogP contribution in [-0.2, 0) is 0 Å². The molecule has 2 fully saturated rings. The zero-order valence-electron chi connectivity index (χ0n) is 21.1. The van der Waals surface area contributed by atoms with Gasteiger partial charge in [0.25, 0.3) is 5.91 Å². The third-order valence-electron chi connectivity index (χ3n) is 7.74. The minimum absolute atomic E-state index is 0.0255. The summed E-state index contributed by atoms with van der Waals surface area (Å²) in [4.78, 5) is 16.6. The summed E-state index contributed by atoms with van der Waals surface area (Å²) >= 11 is 0. The molecule has 2 aliphatic rings. The minimum Gasteiger partial charge on any atom is -0.493 e. The van der Waals surface area contributed by atoms with Crippen LogP contribution in [0, 0.1) is 5.92 Å². The quantitative estimate of drug-likeness (QED) is 0.535. The molecule has 2 aromatic rings. The van der Waals surface area contributed by atoms with Crippen LogP contribution in [0.5, 0.6) is 5.75 Å². The molecule has 2 heterocycles. The Labute approximate surface area is 208 Å². The number of piperidine rings is 1. The van der Waals surface area contributed by atoms with Gasteiger partial charge in [0.15, 0.2) is 0 Å². The summed E-state index contributed by atoms with van der Waals surface area (Å²) in [6.07, 6.45) is 3.49. The summed E-state index contributed by atoms with van der Waals surface area (Å²) in [5.74, 6) is 1.34. The average molecular weight is 483 g/mol. The van der Waals surface area contributed by atoms with Gasteiger partial charge in [-0.25, -0.2) is 4.39 Å². The molecule has 4 rings (SSSR count). The van der Waals surface area contributed by atoms with E-state index in [9.17, 15) is 14.3 Å². The minimum atomic E-state index is -1.06. The van der Waals surface area contributed by atoms with Gasteiger partial charge in [0, 0.05) is 25.2 Å². The van der Waals surface area contributed by atoms with Crippen LogP contribution in [0.1, 0.15) is 56.3 Å². The number of β-amino-alcohol motifs (C(OH)–C–C–N with tert-alkyl or cyclic N) is 1. The topological polar surface area (TPSA) is 53.0 Å². The van der Waals surface area contributed by atoms with E-state index in [2.05, 4.69) is 4.90 Å². The number of aliphatic hydroxyl groups excluding tert-OH is 1. The number of halogens is 1. The van der Waals surface area contributed by atoms with Crippen LogP contribution in [0.15, 0.2) is 48.5 Å². The highest BCUT2D eigenvalue weighted by molar-refractivity contribution is 5.95. The molecule has 0 unspecified atom stereocenters. The van der Waals surface area contributed by atoms with Gasteiger partial charge in [0.05, 0.1) is 12.7 Å².